The van der Waals surface area contributed by atoms with E-state index in [1.165, 1.54) is 22.9 Å². The molecule has 0 aromatic heterocycles. The molecule has 0 spiro atoms. The van der Waals surface area contributed by atoms with Gasteiger partial charge in [-0.25, -0.2) is 0 Å². The van der Waals surface area contributed by atoms with Crippen molar-refractivity contribution >= 4 is 35.8 Å². The molecule has 6 heteroatoms. The van der Waals surface area contributed by atoms with Gasteiger partial charge in [0.2, 0.25) is 0 Å². The average molecular weight is 542 g/mol. The summed E-state index contributed by atoms with van der Waals surface area (Å²) in [6.07, 6.45) is 7.19. The third-order valence-corrected chi connectivity index (χ3v) is 7.32. The summed E-state index contributed by atoms with van der Waals surface area (Å²) >= 11 is 1.53. The molecule has 0 aliphatic heterocycles. The van der Waals surface area contributed by atoms with Crippen LogP contribution in [0.3, 0.4) is 0 Å². The van der Waals surface area contributed by atoms with Gasteiger partial charge in [-0.05, 0) is 82.9 Å². The van der Waals surface area contributed by atoms with Crippen LogP contribution < -0.4 is 29.3 Å². The van der Waals surface area contributed by atoms with Crippen molar-refractivity contribution in [2.45, 2.75) is 25.8 Å². The number of carbonyl (C=O) groups excluding carboxylic acids is 2. The Morgan fingerprint density at radius 2 is 1.57 bits per heavy atom. The standard InChI is InChI=1S/C34H33NO3S.Li/c1-24-10-6-9-15-29(24)31-23-26(17-19-30(31)33(36)35-32(34(37)38)20-21-39-2)16-18-27-13-7-8-14-28(27)22-25-11-4-3-5-12-25;/h3-19,23,32H,20-22H2,1-2H3,(H,35,36)(H,37,38);/q;+1/p-1/b18-16+;. The van der Waals surface area contributed by atoms with Crippen molar-refractivity contribution < 1.29 is 33.6 Å². The second kappa shape index (κ2) is 15.3. The van der Waals surface area contributed by atoms with Crippen molar-refractivity contribution in [3.05, 3.63) is 130 Å². The topological polar surface area (TPSA) is 69.2 Å². The molecule has 0 aliphatic carbocycles. The summed E-state index contributed by atoms with van der Waals surface area (Å²) in [4.78, 5) is 25.0. The van der Waals surface area contributed by atoms with E-state index in [0.717, 1.165) is 34.2 Å². The van der Waals surface area contributed by atoms with Crippen molar-refractivity contribution in [3.8, 4) is 11.1 Å². The van der Waals surface area contributed by atoms with Gasteiger partial charge in [-0.2, -0.15) is 11.8 Å². The van der Waals surface area contributed by atoms with Gasteiger partial charge in [-0.3, -0.25) is 4.79 Å². The minimum Gasteiger partial charge on any atom is -0.548 e. The molecule has 0 saturated heterocycles. The van der Waals surface area contributed by atoms with E-state index in [1.54, 1.807) is 6.07 Å². The number of carboxylic acid groups (broad SMARTS) is 1. The van der Waals surface area contributed by atoms with E-state index < -0.39 is 17.9 Å². The van der Waals surface area contributed by atoms with E-state index in [9.17, 15) is 14.7 Å². The minimum atomic E-state index is -1.27. The molecule has 4 aromatic carbocycles. The monoisotopic (exact) mass is 541 g/mol. The van der Waals surface area contributed by atoms with Crippen molar-refractivity contribution in [1.29, 1.82) is 0 Å². The van der Waals surface area contributed by atoms with E-state index in [4.69, 9.17) is 0 Å². The number of carbonyl (C=O) groups is 2. The van der Waals surface area contributed by atoms with Crippen LogP contribution in [0, 0.1) is 6.92 Å². The largest absolute Gasteiger partial charge is 1.00 e. The maximum atomic E-state index is 13.3. The number of benzene rings is 4. The second-order valence-electron chi connectivity index (χ2n) is 9.44. The van der Waals surface area contributed by atoms with E-state index in [-0.39, 0.29) is 18.9 Å². The summed E-state index contributed by atoms with van der Waals surface area (Å²) in [6.45, 7) is 2.00. The van der Waals surface area contributed by atoms with Gasteiger partial charge in [-0.1, -0.05) is 97.1 Å². The van der Waals surface area contributed by atoms with Gasteiger partial charge in [0.15, 0.2) is 0 Å². The molecule has 0 bridgehead atoms. The SMILES string of the molecule is CSCCC(NC(=O)c1ccc(/C=C/c2ccccc2Cc2ccccc2)cc1-c1ccccc1C)C(=O)[O-].[Li+]. The fourth-order valence-electron chi connectivity index (χ4n) is 4.54. The molecule has 40 heavy (non-hydrogen) atoms. The van der Waals surface area contributed by atoms with E-state index in [2.05, 4.69) is 59.9 Å². The predicted molar refractivity (Wildman–Crippen MR) is 160 cm³/mol. The summed E-state index contributed by atoms with van der Waals surface area (Å²) in [7, 11) is 0. The number of aryl methyl sites for hydroxylation is 1. The van der Waals surface area contributed by atoms with Crippen molar-refractivity contribution in [1.82, 2.24) is 5.32 Å². The molecule has 198 valence electrons. The zero-order valence-electron chi connectivity index (χ0n) is 23.2. The molecular formula is C34H32LiNO3S. The number of hydrogen-bond acceptors (Lipinski definition) is 4. The van der Waals surface area contributed by atoms with Crippen molar-refractivity contribution in [2.24, 2.45) is 0 Å². The molecule has 0 heterocycles. The van der Waals surface area contributed by atoms with Crippen molar-refractivity contribution in [2.75, 3.05) is 12.0 Å². The molecule has 4 nitrogen and oxygen atoms in total. The number of amides is 1. The number of aliphatic carboxylic acids is 1. The fourth-order valence-corrected chi connectivity index (χ4v) is 5.01. The van der Waals surface area contributed by atoms with Gasteiger partial charge in [-0.15, -0.1) is 0 Å². The molecule has 1 amide bonds. The van der Waals surface area contributed by atoms with Gasteiger partial charge in [0.1, 0.15) is 0 Å². The Hall–Kier alpha value is -3.49. The summed E-state index contributed by atoms with van der Waals surface area (Å²) < 4.78 is 0. The van der Waals surface area contributed by atoms with Crippen LogP contribution in [0.15, 0.2) is 97.1 Å². The van der Waals surface area contributed by atoms with Gasteiger partial charge in [0, 0.05) is 5.56 Å². The number of thioether (sulfide) groups is 1. The van der Waals surface area contributed by atoms with Crippen LogP contribution >= 0.6 is 11.8 Å². The first-order chi connectivity index (χ1) is 19.0. The first-order valence-corrected chi connectivity index (χ1v) is 14.4. The Kier molecular flexibility index (Phi) is 11.9. The zero-order chi connectivity index (χ0) is 27.6. The van der Waals surface area contributed by atoms with Gasteiger partial charge in [0.05, 0.1) is 12.0 Å². The van der Waals surface area contributed by atoms with Crippen LogP contribution in [-0.2, 0) is 11.2 Å². The number of nitrogens with one attached hydrogen (secondary N) is 1. The van der Waals surface area contributed by atoms with Gasteiger partial charge in [0.25, 0.3) is 5.91 Å². The van der Waals surface area contributed by atoms with Crippen LogP contribution in [-0.4, -0.2) is 29.9 Å². The maximum absolute atomic E-state index is 13.3. The summed E-state index contributed by atoms with van der Waals surface area (Å²) in [5.74, 6) is -1.09. The first kappa shape index (κ1) is 31.0. The molecule has 0 fully saturated rings. The third kappa shape index (κ3) is 8.26. The molecule has 0 aliphatic rings. The molecule has 1 atom stereocenters. The maximum Gasteiger partial charge on any atom is 1.00 e. The molecule has 0 radical (unpaired) electrons. The molecular weight excluding hydrogens is 509 g/mol. The average Bonchev–Trinajstić information content (AvgIpc) is 2.95. The van der Waals surface area contributed by atoms with E-state index >= 15 is 0 Å². The van der Waals surface area contributed by atoms with Gasteiger partial charge >= 0.3 is 18.9 Å². The Bertz CT molecular complexity index is 1470. The van der Waals surface area contributed by atoms with Crippen LogP contribution in [0.1, 0.15) is 44.6 Å². The number of hydrogen-bond donors (Lipinski definition) is 1. The predicted octanol–water partition coefficient (Wildman–Crippen LogP) is 3.03. The van der Waals surface area contributed by atoms with Crippen LogP contribution in [0.4, 0.5) is 0 Å². The quantitative estimate of drug-likeness (QED) is 0.234. The molecule has 4 aromatic rings. The fraction of sp³-hybridized carbons (Fsp3) is 0.176. The van der Waals surface area contributed by atoms with Crippen LogP contribution in [0.2, 0.25) is 0 Å². The molecule has 1 unspecified atom stereocenters. The third-order valence-electron chi connectivity index (χ3n) is 6.67. The molecule has 1 N–H and O–H groups in total. The smallest absolute Gasteiger partial charge is 0.548 e. The normalized spacial score (nSPS) is 11.6. The van der Waals surface area contributed by atoms with Crippen molar-refractivity contribution in [3.63, 3.8) is 0 Å². The first-order valence-electron chi connectivity index (χ1n) is 13.0. The zero-order valence-corrected chi connectivity index (χ0v) is 24.0. The van der Waals surface area contributed by atoms with E-state index in [1.807, 2.05) is 61.7 Å². The summed E-state index contributed by atoms with van der Waals surface area (Å²) in [6, 6.07) is 31.2. The second-order valence-corrected chi connectivity index (χ2v) is 10.4. The Morgan fingerprint density at radius 3 is 2.30 bits per heavy atom. The molecule has 0 saturated carbocycles. The Balaban J connectivity index is 0.00000441. The molecule has 4 rings (SSSR count). The van der Waals surface area contributed by atoms with Gasteiger partial charge < -0.3 is 15.2 Å². The Morgan fingerprint density at radius 1 is 0.875 bits per heavy atom. The summed E-state index contributed by atoms with van der Waals surface area (Å²) in [5, 5.41) is 14.3. The number of rotatable bonds is 11. The van der Waals surface area contributed by atoms with E-state index in [0.29, 0.717) is 17.7 Å². The van der Waals surface area contributed by atoms with Crippen LogP contribution in [0.5, 0.6) is 0 Å². The number of carboxylic acids is 1. The van der Waals surface area contributed by atoms with Crippen LogP contribution in [0.25, 0.3) is 23.3 Å². The minimum absolute atomic E-state index is 0. The Labute approximate surface area is 253 Å². The summed E-state index contributed by atoms with van der Waals surface area (Å²) in [5.41, 5.74) is 7.70.